The summed E-state index contributed by atoms with van der Waals surface area (Å²) in [6, 6.07) is -1.68. The zero-order valence-electron chi connectivity index (χ0n) is 14.8. The van der Waals surface area contributed by atoms with E-state index in [-0.39, 0.29) is 0 Å². The van der Waals surface area contributed by atoms with Crippen LogP contribution in [0.4, 0.5) is 13.2 Å². The van der Waals surface area contributed by atoms with Gasteiger partial charge in [-0.25, -0.2) is 0 Å². The van der Waals surface area contributed by atoms with Gasteiger partial charge in [0.1, 0.15) is 24.9 Å². The van der Waals surface area contributed by atoms with E-state index >= 15 is 0 Å². The fourth-order valence-electron chi connectivity index (χ4n) is 2.29. The molecule has 2 N–H and O–H groups in total. The van der Waals surface area contributed by atoms with Crippen molar-refractivity contribution in [1.82, 2.24) is 5.32 Å². The minimum absolute atomic E-state index is 0.805. The van der Waals surface area contributed by atoms with Crippen LogP contribution in [0, 0.1) is 0 Å². The van der Waals surface area contributed by atoms with Crippen LogP contribution in [0.1, 0.15) is 20.8 Å². The summed E-state index contributed by atoms with van der Waals surface area (Å²) in [6.07, 6.45) is -7.88. The number of halogens is 3. The van der Waals surface area contributed by atoms with Crippen LogP contribution in [0.15, 0.2) is 0 Å². The maximum Gasteiger partial charge on any atom is 0.523 e. The molecule has 0 aromatic rings. The summed E-state index contributed by atoms with van der Waals surface area (Å²) >= 11 is 0. The molecule has 1 amide bonds. The molecule has 5 atom stereocenters. The average molecular weight is 437 g/mol. The molecule has 1 aliphatic rings. The number of aliphatic hydroxyl groups excluding tert-OH is 1. The molecule has 15 heteroatoms. The van der Waals surface area contributed by atoms with Gasteiger partial charge >= 0.3 is 27.6 Å². The third-order valence-corrected chi connectivity index (χ3v) is 4.35. The van der Waals surface area contributed by atoms with Crippen LogP contribution in [0.3, 0.4) is 0 Å². The van der Waals surface area contributed by atoms with Crippen molar-refractivity contribution in [1.29, 1.82) is 0 Å². The van der Waals surface area contributed by atoms with E-state index in [0.29, 0.717) is 0 Å². The SMILES string of the molecule is CC(=O)N[C@@H]1[C@@H](OC(C)=O)[C@H](OS(=O)(=O)C(F)(F)F)[C@@H](COC(C)=O)O[C@@H]1O. The van der Waals surface area contributed by atoms with E-state index in [1.165, 1.54) is 0 Å². The normalized spacial score (nSPS) is 28.3. The Hall–Kier alpha value is -1.97. The molecular formula is C13H18F3NO10S. The molecule has 0 radical (unpaired) electrons. The van der Waals surface area contributed by atoms with Gasteiger partial charge in [-0.05, 0) is 0 Å². The van der Waals surface area contributed by atoms with Gasteiger partial charge in [0.2, 0.25) is 5.91 Å². The Morgan fingerprint density at radius 1 is 1.11 bits per heavy atom. The molecule has 1 saturated heterocycles. The number of ether oxygens (including phenoxy) is 3. The summed E-state index contributed by atoms with van der Waals surface area (Å²) in [7, 11) is -6.21. The molecule has 0 aromatic heterocycles. The minimum Gasteiger partial charge on any atom is -0.463 e. The van der Waals surface area contributed by atoms with Gasteiger partial charge in [-0.1, -0.05) is 0 Å². The minimum atomic E-state index is -6.21. The quantitative estimate of drug-likeness (QED) is 0.298. The molecule has 1 heterocycles. The largest absolute Gasteiger partial charge is 0.523 e. The highest BCUT2D eigenvalue weighted by molar-refractivity contribution is 7.87. The van der Waals surface area contributed by atoms with Crippen LogP contribution in [-0.2, 0) is 42.9 Å². The van der Waals surface area contributed by atoms with Crippen LogP contribution in [0.25, 0.3) is 0 Å². The van der Waals surface area contributed by atoms with E-state index in [9.17, 15) is 41.1 Å². The van der Waals surface area contributed by atoms with Gasteiger partial charge in [0.15, 0.2) is 12.4 Å². The standard InChI is InChI=1S/C13H18F3NO10S/c1-5(18)17-9-11(25-7(3)20)10(27-28(22,23)13(14,15)16)8(26-12(9)21)4-24-6(2)19/h8-12,21H,4H2,1-3H3,(H,17,18)/t8-,9-,10-,11-,12+/m1/s1. The molecule has 0 saturated carbocycles. The van der Waals surface area contributed by atoms with Crippen molar-refractivity contribution in [2.24, 2.45) is 0 Å². The number of amides is 1. The van der Waals surface area contributed by atoms with Gasteiger partial charge in [0.05, 0.1) is 0 Å². The van der Waals surface area contributed by atoms with Crippen molar-refractivity contribution >= 4 is 28.0 Å². The van der Waals surface area contributed by atoms with Crippen molar-refractivity contribution in [3.63, 3.8) is 0 Å². The van der Waals surface area contributed by atoms with Crippen molar-refractivity contribution in [3.8, 4) is 0 Å². The fraction of sp³-hybridized carbons (Fsp3) is 0.769. The summed E-state index contributed by atoms with van der Waals surface area (Å²) in [4.78, 5) is 33.6. The zero-order valence-corrected chi connectivity index (χ0v) is 15.6. The number of carbonyl (C=O) groups is 3. The molecule has 0 spiro atoms. The molecule has 0 bridgehead atoms. The number of alkyl halides is 3. The monoisotopic (exact) mass is 437 g/mol. The molecule has 0 aromatic carbocycles. The number of aliphatic hydroxyl groups is 1. The second-order valence-electron chi connectivity index (χ2n) is 5.63. The van der Waals surface area contributed by atoms with Gasteiger partial charge in [-0.2, -0.15) is 21.6 Å². The molecule has 11 nitrogen and oxygen atoms in total. The van der Waals surface area contributed by atoms with Crippen molar-refractivity contribution in [2.75, 3.05) is 6.61 Å². The lowest BCUT2D eigenvalue weighted by Crippen LogP contribution is -2.66. The predicted molar refractivity (Wildman–Crippen MR) is 80.5 cm³/mol. The molecular weight excluding hydrogens is 419 g/mol. The first-order chi connectivity index (χ1) is 12.7. The van der Waals surface area contributed by atoms with Crippen LogP contribution >= 0.6 is 0 Å². The maximum absolute atomic E-state index is 12.7. The van der Waals surface area contributed by atoms with E-state index < -0.39 is 70.7 Å². The Bertz CT molecular complexity index is 710. The van der Waals surface area contributed by atoms with E-state index in [1.807, 2.05) is 0 Å². The fourth-order valence-corrected chi connectivity index (χ4v) is 2.93. The molecule has 1 fully saturated rings. The number of nitrogens with one attached hydrogen (secondary N) is 1. The molecule has 0 unspecified atom stereocenters. The Labute approximate surface area is 157 Å². The molecule has 1 aliphatic heterocycles. The number of carbonyl (C=O) groups excluding carboxylic acids is 3. The highest BCUT2D eigenvalue weighted by Gasteiger charge is 2.56. The first-order valence-corrected chi connectivity index (χ1v) is 8.97. The molecule has 0 aliphatic carbocycles. The number of esters is 2. The molecule has 162 valence electrons. The highest BCUT2D eigenvalue weighted by atomic mass is 32.2. The smallest absolute Gasteiger partial charge is 0.463 e. The summed E-state index contributed by atoms with van der Waals surface area (Å²) in [5, 5.41) is 12.1. The lowest BCUT2D eigenvalue weighted by Gasteiger charge is -2.43. The van der Waals surface area contributed by atoms with E-state index in [2.05, 4.69) is 14.2 Å². The van der Waals surface area contributed by atoms with Gasteiger partial charge in [-0.3, -0.25) is 18.6 Å². The Morgan fingerprint density at radius 3 is 2.11 bits per heavy atom. The molecule has 28 heavy (non-hydrogen) atoms. The van der Waals surface area contributed by atoms with Crippen LogP contribution in [0.5, 0.6) is 0 Å². The van der Waals surface area contributed by atoms with Crippen LogP contribution < -0.4 is 5.32 Å². The number of hydrogen-bond acceptors (Lipinski definition) is 10. The van der Waals surface area contributed by atoms with Gasteiger partial charge in [0.25, 0.3) is 0 Å². The first-order valence-electron chi connectivity index (χ1n) is 7.56. The third kappa shape index (κ3) is 6.29. The second kappa shape index (κ2) is 9.02. The van der Waals surface area contributed by atoms with E-state index in [4.69, 9.17) is 9.47 Å². The Morgan fingerprint density at radius 2 is 1.68 bits per heavy atom. The summed E-state index contributed by atoms with van der Waals surface area (Å²) in [5.74, 6) is -2.79. The van der Waals surface area contributed by atoms with Crippen molar-refractivity contribution in [3.05, 3.63) is 0 Å². The predicted octanol–water partition coefficient (Wildman–Crippen LogP) is -1.06. The maximum atomic E-state index is 12.7. The lowest BCUT2D eigenvalue weighted by molar-refractivity contribution is -0.255. The Kier molecular flexibility index (Phi) is 7.75. The highest BCUT2D eigenvalue weighted by Crippen LogP contribution is 2.32. The van der Waals surface area contributed by atoms with Crippen LogP contribution in [0.2, 0.25) is 0 Å². The summed E-state index contributed by atoms with van der Waals surface area (Å²) in [6.45, 7) is 1.94. The van der Waals surface area contributed by atoms with E-state index in [1.54, 1.807) is 0 Å². The molecule has 1 rings (SSSR count). The average Bonchev–Trinajstić information content (AvgIpc) is 2.49. The van der Waals surface area contributed by atoms with Gasteiger partial charge in [-0.15, -0.1) is 0 Å². The Balaban J connectivity index is 3.35. The third-order valence-electron chi connectivity index (χ3n) is 3.31. The number of hydrogen-bond donors (Lipinski definition) is 2. The summed E-state index contributed by atoms with van der Waals surface area (Å²) in [5.41, 5.74) is -5.83. The second-order valence-corrected chi connectivity index (χ2v) is 7.19. The van der Waals surface area contributed by atoms with Crippen molar-refractivity contribution < 1.29 is 59.5 Å². The van der Waals surface area contributed by atoms with Crippen molar-refractivity contribution in [2.45, 2.75) is 56.9 Å². The zero-order chi connectivity index (χ0) is 21.9. The lowest BCUT2D eigenvalue weighted by atomic mass is 9.96. The van der Waals surface area contributed by atoms with Crippen LogP contribution in [-0.4, -0.2) is 74.1 Å². The van der Waals surface area contributed by atoms with Gasteiger partial charge < -0.3 is 24.6 Å². The van der Waals surface area contributed by atoms with Gasteiger partial charge in [0, 0.05) is 20.8 Å². The topological polar surface area (TPSA) is 155 Å². The van der Waals surface area contributed by atoms with E-state index in [0.717, 1.165) is 20.8 Å². The number of rotatable bonds is 6. The first kappa shape index (κ1) is 24.1. The summed E-state index contributed by atoms with van der Waals surface area (Å²) < 4.78 is 79.6.